The lowest BCUT2D eigenvalue weighted by Gasteiger charge is -2.16. The molecule has 0 fully saturated rings. The summed E-state index contributed by atoms with van der Waals surface area (Å²) in [4.78, 5) is 0.840. The summed E-state index contributed by atoms with van der Waals surface area (Å²) >= 11 is 0. The largest absolute Gasteiger partial charge is 0.491 e. The summed E-state index contributed by atoms with van der Waals surface area (Å²) in [6.45, 7) is 2.57. The number of hydrogen-bond donors (Lipinski definition) is 0. The number of ether oxygens (including phenoxy) is 1. The molecule has 1 unspecified atom stereocenters. The molecule has 2 nitrogen and oxygen atoms in total. The fraction of sp³-hybridized carbons (Fsp3) is 0.333. The van der Waals surface area contributed by atoms with Gasteiger partial charge in [-0.15, -0.1) is 0 Å². The second-order valence-electron chi connectivity index (χ2n) is 2.85. The van der Waals surface area contributed by atoms with Crippen molar-refractivity contribution in [3.8, 4) is 5.75 Å². The lowest BCUT2D eigenvalue weighted by Crippen LogP contribution is -2.15. The summed E-state index contributed by atoms with van der Waals surface area (Å²) < 4.78 is 16.8. The van der Waals surface area contributed by atoms with Crippen molar-refractivity contribution in [2.24, 2.45) is 0 Å². The third kappa shape index (κ3) is 1.25. The number of fused-ring (bicyclic) bond motifs is 1. The Morgan fingerprint density at radius 1 is 1.50 bits per heavy atom. The van der Waals surface area contributed by atoms with Crippen LogP contribution in [-0.2, 0) is 10.8 Å². The SMILES string of the molecule is Cc1ccc2c(c1)OCCS2=O. The molecule has 0 aliphatic carbocycles. The van der Waals surface area contributed by atoms with Crippen LogP contribution in [0.1, 0.15) is 5.56 Å². The summed E-state index contributed by atoms with van der Waals surface area (Å²) in [6, 6.07) is 5.79. The molecule has 1 aromatic carbocycles. The number of benzene rings is 1. The Kier molecular flexibility index (Phi) is 1.89. The molecule has 0 spiro atoms. The van der Waals surface area contributed by atoms with Crippen LogP contribution in [0.15, 0.2) is 23.1 Å². The lowest BCUT2D eigenvalue weighted by molar-refractivity contribution is 0.326. The monoisotopic (exact) mass is 182 g/mol. The van der Waals surface area contributed by atoms with Crippen molar-refractivity contribution in [1.82, 2.24) is 0 Å². The van der Waals surface area contributed by atoms with Gasteiger partial charge in [-0.25, -0.2) is 0 Å². The second kappa shape index (κ2) is 2.90. The van der Waals surface area contributed by atoms with E-state index in [1.54, 1.807) is 0 Å². The van der Waals surface area contributed by atoms with E-state index in [0.29, 0.717) is 12.4 Å². The van der Waals surface area contributed by atoms with Gasteiger partial charge in [0.05, 0.1) is 21.4 Å². The van der Waals surface area contributed by atoms with Gasteiger partial charge in [0.25, 0.3) is 0 Å². The first kappa shape index (κ1) is 7.80. The second-order valence-corrected chi connectivity index (χ2v) is 4.39. The van der Waals surface area contributed by atoms with E-state index in [2.05, 4.69) is 0 Å². The van der Waals surface area contributed by atoms with Crippen LogP contribution in [0.25, 0.3) is 0 Å². The molecule has 1 atom stereocenters. The van der Waals surface area contributed by atoms with E-state index in [-0.39, 0.29) is 0 Å². The average Bonchev–Trinajstić information content (AvgIpc) is 2.04. The van der Waals surface area contributed by atoms with Crippen molar-refractivity contribution >= 4 is 10.8 Å². The van der Waals surface area contributed by atoms with Gasteiger partial charge >= 0.3 is 0 Å². The van der Waals surface area contributed by atoms with Gasteiger partial charge in [0.1, 0.15) is 12.4 Å². The van der Waals surface area contributed by atoms with Gasteiger partial charge in [0, 0.05) is 0 Å². The van der Waals surface area contributed by atoms with Crippen LogP contribution >= 0.6 is 0 Å². The topological polar surface area (TPSA) is 26.3 Å². The van der Waals surface area contributed by atoms with Gasteiger partial charge in [-0.3, -0.25) is 4.21 Å². The summed E-state index contributed by atoms with van der Waals surface area (Å²) in [7, 11) is -0.848. The van der Waals surface area contributed by atoms with Crippen LogP contribution in [0.3, 0.4) is 0 Å². The molecule has 0 amide bonds. The van der Waals surface area contributed by atoms with E-state index < -0.39 is 10.8 Å². The van der Waals surface area contributed by atoms with Crippen LogP contribution in [0.4, 0.5) is 0 Å². The molecule has 0 N–H and O–H groups in total. The van der Waals surface area contributed by atoms with E-state index in [1.165, 1.54) is 0 Å². The minimum atomic E-state index is -0.848. The molecular weight excluding hydrogens is 172 g/mol. The average molecular weight is 182 g/mol. The molecule has 1 aromatic rings. The molecule has 1 heterocycles. The molecule has 0 radical (unpaired) electrons. The van der Waals surface area contributed by atoms with Crippen LogP contribution < -0.4 is 4.74 Å². The zero-order valence-electron chi connectivity index (χ0n) is 6.87. The maximum absolute atomic E-state index is 11.4. The summed E-state index contributed by atoms with van der Waals surface area (Å²) in [5.74, 6) is 1.41. The number of aryl methyl sites for hydroxylation is 1. The predicted octanol–water partition coefficient (Wildman–Crippen LogP) is 1.50. The lowest BCUT2D eigenvalue weighted by atomic mass is 10.2. The maximum atomic E-state index is 11.4. The van der Waals surface area contributed by atoms with Gasteiger partial charge in [-0.05, 0) is 24.6 Å². The Morgan fingerprint density at radius 3 is 3.17 bits per heavy atom. The normalized spacial score (nSPS) is 21.2. The van der Waals surface area contributed by atoms with Crippen LogP contribution in [-0.4, -0.2) is 16.6 Å². The minimum absolute atomic E-state index is 0.572. The Balaban J connectivity index is 2.53. The highest BCUT2D eigenvalue weighted by atomic mass is 32.2. The Hall–Kier alpha value is -0.830. The number of rotatable bonds is 0. The zero-order valence-corrected chi connectivity index (χ0v) is 7.69. The molecular formula is C9H10O2S. The quantitative estimate of drug-likeness (QED) is 0.607. The molecule has 2 rings (SSSR count). The van der Waals surface area contributed by atoms with E-state index >= 15 is 0 Å². The standard InChI is InChI=1S/C9H10O2S/c1-7-2-3-9-8(6-7)11-4-5-12(9)10/h2-3,6H,4-5H2,1H3. The highest BCUT2D eigenvalue weighted by Gasteiger charge is 2.16. The molecule has 1 aliphatic rings. The third-order valence-corrected chi connectivity index (χ3v) is 3.24. The van der Waals surface area contributed by atoms with E-state index in [1.807, 2.05) is 25.1 Å². The smallest absolute Gasteiger partial charge is 0.135 e. The summed E-state index contributed by atoms with van der Waals surface area (Å²) in [5, 5.41) is 0. The minimum Gasteiger partial charge on any atom is -0.491 e. The van der Waals surface area contributed by atoms with Crippen LogP contribution in [0, 0.1) is 6.92 Å². The molecule has 64 valence electrons. The van der Waals surface area contributed by atoms with Gasteiger partial charge in [-0.2, -0.15) is 0 Å². The van der Waals surface area contributed by atoms with Crippen molar-refractivity contribution in [3.05, 3.63) is 23.8 Å². The zero-order chi connectivity index (χ0) is 8.55. The van der Waals surface area contributed by atoms with Gasteiger partial charge in [0.2, 0.25) is 0 Å². The fourth-order valence-electron chi connectivity index (χ4n) is 1.25. The van der Waals surface area contributed by atoms with Crippen molar-refractivity contribution in [3.63, 3.8) is 0 Å². The first-order valence-corrected chi connectivity index (χ1v) is 5.21. The molecule has 0 aromatic heterocycles. The summed E-state index contributed by atoms with van der Waals surface area (Å²) in [5.41, 5.74) is 1.15. The maximum Gasteiger partial charge on any atom is 0.135 e. The van der Waals surface area contributed by atoms with Crippen molar-refractivity contribution in [2.45, 2.75) is 11.8 Å². The van der Waals surface area contributed by atoms with Crippen LogP contribution in [0.5, 0.6) is 5.75 Å². The van der Waals surface area contributed by atoms with Gasteiger partial charge in [0.15, 0.2) is 0 Å². The Bertz CT molecular complexity index is 333. The van der Waals surface area contributed by atoms with Crippen molar-refractivity contribution in [1.29, 1.82) is 0 Å². The predicted molar refractivity (Wildman–Crippen MR) is 47.9 cm³/mol. The first-order chi connectivity index (χ1) is 5.77. The molecule has 3 heteroatoms. The van der Waals surface area contributed by atoms with Crippen molar-refractivity contribution in [2.75, 3.05) is 12.4 Å². The third-order valence-electron chi connectivity index (χ3n) is 1.87. The summed E-state index contributed by atoms with van der Waals surface area (Å²) in [6.07, 6.45) is 0. The fourth-order valence-corrected chi connectivity index (χ4v) is 2.27. The Labute approximate surface area is 74.0 Å². The van der Waals surface area contributed by atoms with Crippen molar-refractivity contribution < 1.29 is 8.95 Å². The van der Waals surface area contributed by atoms with Gasteiger partial charge < -0.3 is 4.74 Å². The van der Waals surface area contributed by atoms with Gasteiger partial charge in [-0.1, -0.05) is 6.07 Å². The molecule has 12 heavy (non-hydrogen) atoms. The highest BCUT2D eigenvalue weighted by Crippen LogP contribution is 2.26. The highest BCUT2D eigenvalue weighted by molar-refractivity contribution is 7.85. The van der Waals surface area contributed by atoms with E-state index in [9.17, 15) is 4.21 Å². The van der Waals surface area contributed by atoms with E-state index in [4.69, 9.17) is 4.74 Å². The molecule has 0 bridgehead atoms. The first-order valence-electron chi connectivity index (χ1n) is 3.89. The van der Waals surface area contributed by atoms with Crippen LogP contribution in [0.2, 0.25) is 0 Å². The number of hydrogen-bond acceptors (Lipinski definition) is 2. The molecule has 0 saturated heterocycles. The molecule has 0 saturated carbocycles. The molecule has 1 aliphatic heterocycles. The van der Waals surface area contributed by atoms with E-state index in [0.717, 1.165) is 16.2 Å². The Morgan fingerprint density at radius 2 is 2.33 bits per heavy atom.